The minimum absolute atomic E-state index is 0. The molecule has 8 heteroatoms. The van der Waals surface area contributed by atoms with E-state index in [9.17, 15) is 4.79 Å². The summed E-state index contributed by atoms with van der Waals surface area (Å²) in [5.41, 5.74) is 10.5. The number of nitrogens with one attached hydrogen (secondary N) is 1. The van der Waals surface area contributed by atoms with Gasteiger partial charge in [0.15, 0.2) is 5.82 Å². The lowest BCUT2D eigenvalue weighted by Gasteiger charge is -2.11. The van der Waals surface area contributed by atoms with Gasteiger partial charge in [0.2, 0.25) is 5.91 Å². The van der Waals surface area contributed by atoms with Gasteiger partial charge in [-0.15, -0.1) is 17.5 Å². The third-order valence-electron chi connectivity index (χ3n) is 4.50. The van der Waals surface area contributed by atoms with Gasteiger partial charge in [-0.3, -0.25) is 4.79 Å². The van der Waals surface area contributed by atoms with E-state index < -0.39 is 0 Å². The average Bonchev–Trinajstić information content (AvgIpc) is 3.05. The van der Waals surface area contributed by atoms with Gasteiger partial charge in [-0.2, -0.15) is 4.98 Å². The molecule has 2 aromatic heterocycles. The molecule has 0 saturated heterocycles. The highest BCUT2D eigenvalue weighted by Gasteiger charge is 2.14. The van der Waals surface area contributed by atoms with Gasteiger partial charge in [0.05, 0.1) is 6.54 Å². The lowest BCUT2D eigenvalue weighted by atomic mass is 10.1. The van der Waals surface area contributed by atoms with Crippen LogP contribution in [0.25, 0.3) is 5.78 Å². The molecule has 2 heterocycles. The van der Waals surface area contributed by atoms with Crippen molar-refractivity contribution >= 4 is 29.8 Å². The zero-order valence-corrected chi connectivity index (χ0v) is 16.6. The lowest BCUT2D eigenvalue weighted by molar-refractivity contribution is -0.116. The Morgan fingerprint density at radius 2 is 2.04 bits per heavy atom. The van der Waals surface area contributed by atoms with Crippen LogP contribution in [0.4, 0.5) is 5.69 Å². The Balaban J connectivity index is 0.00000261. The molecule has 144 valence electrons. The van der Waals surface area contributed by atoms with Gasteiger partial charge < -0.3 is 11.1 Å². The van der Waals surface area contributed by atoms with Crippen LogP contribution in [0.2, 0.25) is 0 Å². The van der Waals surface area contributed by atoms with Crippen LogP contribution in [0, 0.1) is 13.8 Å². The third kappa shape index (κ3) is 4.61. The topological polar surface area (TPSA) is 98.2 Å². The van der Waals surface area contributed by atoms with Crippen molar-refractivity contribution in [3.8, 4) is 0 Å². The van der Waals surface area contributed by atoms with E-state index in [0.717, 1.165) is 29.1 Å². The number of amides is 1. The molecule has 0 aliphatic carbocycles. The average molecular weight is 389 g/mol. The van der Waals surface area contributed by atoms with Crippen LogP contribution in [0.1, 0.15) is 41.7 Å². The molecule has 27 heavy (non-hydrogen) atoms. The van der Waals surface area contributed by atoms with Crippen LogP contribution < -0.4 is 11.1 Å². The Hall–Kier alpha value is -2.51. The fourth-order valence-electron chi connectivity index (χ4n) is 3.03. The molecule has 0 atom stereocenters. The SMILES string of the molecule is CCc1cccc(NC(=O)CCc2c(C)nc3nc(CN)nn3c2C)c1.Cl. The summed E-state index contributed by atoms with van der Waals surface area (Å²) in [5, 5.41) is 7.33. The molecule has 0 aliphatic heterocycles. The van der Waals surface area contributed by atoms with E-state index in [-0.39, 0.29) is 24.9 Å². The van der Waals surface area contributed by atoms with Crippen LogP contribution in [0.15, 0.2) is 24.3 Å². The molecule has 0 spiro atoms. The Morgan fingerprint density at radius 1 is 1.26 bits per heavy atom. The van der Waals surface area contributed by atoms with E-state index in [0.29, 0.717) is 24.4 Å². The second kappa shape index (κ2) is 8.92. The predicted molar refractivity (Wildman–Crippen MR) is 108 cm³/mol. The Bertz CT molecular complexity index is 953. The number of aromatic nitrogens is 4. The summed E-state index contributed by atoms with van der Waals surface area (Å²) in [6.45, 7) is 6.27. The minimum Gasteiger partial charge on any atom is -0.326 e. The van der Waals surface area contributed by atoms with Gasteiger partial charge in [0.1, 0.15) is 0 Å². The second-order valence-electron chi connectivity index (χ2n) is 6.31. The number of carbonyl (C=O) groups is 1. The van der Waals surface area contributed by atoms with Gasteiger partial charge in [-0.1, -0.05) is 19.1 Å². The smallest absolute Gasteiger partial charge is 0.252 e. The quantitative estimate of drug-likeness (QED) is 0.676. The molecule has 0 unspecified atom stereocenters. The van der Waals surface area contributed by atoms with Gasteiger partial charge in [-0.25, -0.2) is 9.50 Å². The number of fused-ring (bicyclic) bond motifs is 1. The van der Waals surface area contributed by atoms with E-state index in [1.165, 1.54) is 5.56 Å². The molecule has 1 amide bonds. The molecule has 0 saturated carbocycles. The number of nitrogens with zero attached hydrogens (tertiary/aromatic N) is 4. The number of hydrogen-bond acceptors (Lipinski definition) is 5. The number of carbonyl (C=O) groups excluding carboxylic acids is 1. The summed E-state index contributed by atoms with van der Waals surface area (Å²) < 4.78 is 1.70. The van der Waals surface area contributed by atoms with E-state index in [1.807, 2.05) is 32.0 Å². The van der Waals surface area contributed by atoms with Crippen molar-refractivity contribution in [3.63, 3.8) is 0 Å². The van der Waals surface area contributed by atoms with Crippen LogP contribution in [0.5, 0.6) is 0 Å². The summed E-state index contributed by atoms with van der Waals surface area (Å²) in [7, 11) is 0. The van der Waals surface area contributed by atoms with E-state index >= 15 is 0 Å². The first kappa shape index (κ1) is 20.8. The van der Waals surface area contributed by atoms with E-state index in [1.54, 1.807) is 4.52 Å². The fourth-order valence-corrected chi connectivity index (χ4v) is 3.03. The summed E-state index contributed by atoms with van der Waals surface area (Å²) in [4.78, 5) is 21.1. The standard InChI is InChI=1S/C19H24N6O.ClH/c1-4-14-6-5-7-15(10-14)22-18(26)9-8-16-12(2)21-19-23-17(11-20)24-25(19)13(16)3;/h5-7,10H,4,8-9,11,20H2,1-3H3,(H,22,26);1H. The van der Waals surface area contributed by atoms with E-state index in [2.05, 4.69) is 33.4 Å². The highest BCUT2D eigenvalue weighted by atomic mass is 35.5. The van der Waals surface area contributed by atoms with Crippen molar-refractivity contribution in [3.05, 3.63) is 52.6 Å². The zero-order valence-electron chi connectivity index (χ0n) is 15.8. The molecule has 3 N–H and O–H groups in total. The molecule has 3 aromatic rings. The molecule has 3 rings (SSSR count). The lowest BCUT2D eigenvalue weighted by Crippen LogP contribution is -2.14. The molecule has 0 fully saturated rings. The van der Waals surface area contributed by atoms with Crippen LogP contribution in [-0.4, -0.2) is 25.5 Å². The number of hydrogen-bond donors (Lipinski definition) is 2. The first-order valence-corrected chi connectivity index (χ1v) is 8.82. The molecule has 1 aromatic carbocycles. The van der Waals surface area contributed by atoms with Gasteiger partial charge in [0, 0.05) is 23.5 Å². The van der Waals surface area contributed by atoms with Gasteiger partial charge in [-0.05, 0) is 49.9 Å². The second-order valence-corrected chi connectivity index (χ2v) is 6.31. The maximum Gasteiger partial charge on any atom is 0.252 e. The minimum atomic E-state index is -0.0154. The number of aryl methyl sites for hydroxylation is 3. The van der Waals surface area contributed by atoms with E-state index in [4.69, 9.17) is 5.73 Å². The maximum atomic E-state index is 12.3. The fraction of sp³-hybridized carbons (Fsp3) is 0.368. The summed E-state index contributed by atoms with van der Waals surface area (Å²) >= 11 is 0. The molecular weight excluding hydrogens is 364 g/mol. The van der Waals surface area contributed by atoms with Crippen LogP contribution in [-0.2, 0) is 24.2 Å². The number of anilines is 1. The molecule has 0 radical (unpaired) electrons. The van der Waals surface area contributed by atoms with Gasteiger partial charge in [0.25, 0.3) is 5.78 Å². The zero-order chi connectivity index (χ0) is 18.7. The summed E-state index contributed by atoms with van der Waals surface area (Å²) in [6, 6.07) is 7.92. The number of nitrogens with two attached hydrogens (primary N) is 1. The molecule has 0 bridgehead atoms. The number of halogens is 1. The van der Waals surface area contributed by atoms with Crippen molar-refractivity contribution in [1.82, 2.24) is 19.6 Å². The van der Waals surface area contributed by atoms with Crippen LogP contribution >= 0.6 is 12.4 Å². The normalized spacial score (nSPS) is 10.7. The Morgan fingerprint density at radius 3 is 2.74 bits per heavy atom. The van der Waals surface area contributed by atoms with Crippen molar-refractivity contribution in [1.29, 1.82) is 0 Å². The highest BCUT2D eigenvalue weighted by Crippen LogP contribution is 2.17. The first-order chi connectivity index (χ1) is 12.5. The maximum absolute atomic E-state index is 12.3. The van der Waals surface area contributed by atoms with Crippen LogP contribution in [0.3, 0.4) is 0 Å². The Kier molecular flexibility index (Phi) is 6.87. The van der Waals surface area contributed by atoms with Crippen molar-refractivity contribution in [2.24, 2.45) is 5.73 Å². The predicted octanol–water partition coefficient (Wildman–Crippen LogP) is 2.76. The summed E-state index contributed by atoms with van der Waals surface area (Å²) in [6.07, 6.45) is 1.91. The largest absolute Gasteiger partial charge is 0.326 e. The van der Waals surface area contributed by atoms with Gasteiger partial charge >= 0.3 is 0 Å². The molecule has 0 aliphatic rings. The van der Waals surface area contributed by atoms with Crippen molar-refractivity contribution in [2.75, 3.05) is 5.32 Å². The summed E-state index contributed by atoms with van der Waals surface area (Å²) in [5.74, 6) is 1.09. The molecular formula is C19H25ClN6O. The Labute approximate surface area is 164 Å². The highest BCUT2D eigenvalue weighted by molar-refractivity contribution is 5.90. The third-order valence-corrected chi connectivity index (χ3v) is 4.50. The number of rotatable bonds is 6. The van der Waals surface area contributed by atoms with Crippen molar-refractivity contribution in [2.45, 2.75) is 46.6 Å². The number of benzene rings is 1. The van der Waals surface area contributed by atoms with Crippen molar-refractivity contribution < 1.29 is 4.79 Å². The first-order valence-electron chi connectivity index (χ1n) is 8.82. The monoisotopic (exact) mass is 388 g/mol. The molecule has 7 nitrogen and oxygen atoms in total.